The summed E-state index contributed by atoms with van der Waals surface area (Å²) >= 11 is 0. The van der Waals surface area contributed by atoms with Crippen molar-refractivity contribution in [2.45, 2.75) is 45.3 Å². The van der Waals surface area contributed by atoms with Crippen molar-refractivity contribution in [2.75, 3.05) is 13.1 Å². The van der Waals surface area contributed by atoms with Crippen LogP contribution < -0.4 is 5.32 Å². The molecule has 1 fully saturated rings. The average Bonchev–Trinajstić information content (AvgIpc) is 3.44. The van der Waals surface area contributed by atoms with Crippen LogP contribution in [0.1, 0.15) is 37.3 Å². The number of nitrogens with one attached hydrogen (secondary N) is 1. The fourth-order valence-corrected chi connectivity index (χ4v) is 3.18. The number of aliphatic hydroxyl groups is 1. The molecule has 2 aliphatic rings. The van der Waals surface area contributed by atoms with Crippen molar-refractivity contribution in [1.82, 2.24) is 10.2 Å². The van der Waals surface area contributed by atoms with Crippen LogP contribution in [0.25, 0.3) is 5.57 Å². The third-order valence-corrected chi connectivity index (χ3v) is 4.90. The van der Waals surface area contributed by atoms with Gasteiger partial charge in [-0.15, -0.1) is 0 Å². The molecule has 0 radical (unpaired) electrons. The van der Waals surface area contributed by atoms with Crippen LogP contribution in [-0.4, -0.2) is 47.1 Å². The van der Waals surface area contributed by atoms with Crippen LogP contribution in [0.3, 0.4) is 0 Å². The number of aryl methyl sites for hydroxylation is 1. The molecule has 2 N–H and O–H groups in total. The Morgan fingerprint density at radius 2 is 2.08 bits per heavy atom. The lowest BCUT2D eigenvalue weighted by atomic mass is 9.97. The largest absolute Gasteiger partial charge is 0.391 e. The first-order valence-electron chi connectivity index (χ1n) is 8.99. The average molecular weight is 342 g/mol. The summed E-state index contributed by atoms with van der Waals surface area (Å²) in [4.78, 5) is 26.4. The van der Waals surface area contributed by atoms with Crippen LogP contribution in [0.5, 0.6) is 0 Å². The lowest BCUT2D eigenvalue weighted by Gasteiger charge is -2.31. The minimum Gasteiger partial charge on any atom is -0.391 e. The summed E-state index contributed by atoms with van der Waals surface area (Å²) < 4.78 is 0. The summed E-state index contributed by atoms with van der Waals surface area (Å²) in [7, 11) is 0. The van der Waals surface area contributed by atoms with Crippen molar-refractivity contribution in [3.05, 3.63) is 41.5 Å². The normalized spacial score (nSPS) is 19.8. The maximum absolute atomic E-state index is 12.7. The van der Waals surface area contributed by atoms with E-state index < -0.39 is 12.1 Å². The Morgan fingerprint density at radius 1 is 1.32 bits per heavy atom. The van der Waals surface area contributed by atoms with Crippen molar-refractivity contribution in [3.8, 4) is 0 Å². The molecular weight excluding hydrogens is 316 g/mol. The molecular formula is C20H26N2O3. The molecule has 3 rings (SSSR count). The fourth-order valence-electron chi connectivity index (χ4n) is 3.18. The lowest BCUT2D eigenvalue weighted by molar-refractivity contribution is -0.139. The molecule has 0 saturated heterocycles. The predicted molar refractivity (Wildman–Crippen MR) is 96.7 cm³/mol. The zero-order chi connectivity index (χ0) is 18.0. The molecule has 1 aromatic rings. The standard InChI is InChI=1S/C20H26N2O3/c1-13-4-3-5-17(12-13)15-8-10-22(11-9-15)20(25)18(14(2)23)21-19(24)16-6-7-16/h3-5,8,12,14,16,18,23H,6-7,9-11H2,1-2H3,(H,21,24). The van der Waals surface area contributed by atoms with Crippen molar-refractivity contribution < 1.29 is 14.7 Å². The first kappa shape index (κ1) is 17.7. The molecule has 1 saturated carbocycles. The summed E-state index contributed by atoms with van der Waals surface area (Å²) in [5.41, 5.74) is 3.65. The van der Waals surface area contributed by atoms with Gasteiger partial charge in [0.05, 0.1) is 6.10 Å². The minimum absolute atomic E-state index is 0.0169. The van der Waals surface area contributed by atoms with Gasteiger partial charge in [0.1, 0.15) is 6.04 Å². The number of carbonyl (C=O) groups excluding carboxylic acids is 2. The molecule has 1 aromatic carbocycles. The number of rotatable bonds is 5. The predicted octanol–water partition coefficient (Wildman–Crippen LogP) is 1.89. The Labute approximate surface area is 148 Å². The molecule has 0 bridgehead atoms. The quantitative estimate of drug-likeness (QED) is 0.858. The fraction of sp³-hybridized carbons (Fsp3) is 0.500. The number of carbonyl (C=O) groups is 2. The summed E-state index contributed by atoms with van der Waals surface area (Å²) in [5, 5.41) is 12.7. The minimum atomic E-state index is -0.905. The maximum Gasteiger partial charge on any atom is 0.248 e. The third-order valence-electron chi connectivity index (χ3n) is 4.90. The van der Waals surface area contributed by atoms with Gasteiger partial charge < -0.3 is 15.3 Å². The summed E-state index contributed by atoms with van der Waals surface area (Å²) in [5.74, 6) is -0.306. The number of hydrogen-bond acceptors (Lipinski definition) is 3. The Hall–Kier alpha value is -2.14. The van der Waals surface area contributed by atoms with Crippen molar-refractivity contribution >= 4 is 17.4 Å². The van der Waals surface area contributed by atoms with Gasteiger partial charge in [0.25, 0.3) is 0 Å². The molecule has 0 spiro atoms. The topological polar surface area (TPSA) is 69.6 Å². The maximum atomic E-state index is 12.7. The van der Waals surface area contributed by atoms with E-state index in [1.54, 1.807) is 11.8 Å². The highest BCUT2D eigenvalue weighted by Gasteiger charge is 2.36. The molecule has 1 aliphatic heterocycles. The molecule has 5 nitrogen and oxygen atoms in total. The van der Waals surface area contributed by atoms with Gasteiger partial charge in [-0.3, -0.25) is 9.59 Å². The molecule has 2 atom stereocenters. The first-order valence-corrected chi connectivity index (χ1v) is 8.99. The van der Waals surface area contributed by atoms with Crippen molar-refractivity contribution in [2.24, 2.45) is 5.92 Å². The molecule has 25 heavy (non-hydrogen) atoms. The van der Waals surface area contributed by atoms with Gasteiger partial charge in [-0.1, -0.05) is 35.9 Å². The van der Waals surface area contributed by atoms with Gasteiger partial charge in [-0.05, 0) is 44.2 Å². The van der Waals surface area contributed by atoms with Crippen LogP contribution >= 0.6 is 0 Å². The Kier molecular flexibility index (Phi) is 5.23. The number of hydrogen-bond donors (Lipinski definition) is 2. The van der Waals surface area contributed by atoms with Gasteiger partial charge in [0, 0.05) is 19.0 Å². The van der Waals surface area contributed by atoms with Crippen LogP contribution in [0, 0.1) is 12.8 Å². The van der Waals surface area contributed by atoms with E-state index >= 15 is 0 Å². The summed E-state index contributed by atoms with van der Waals surface area (Å²) in [6.07, 6.45) is 3.69. The molecule has 2 amide bonds. The highest BCUT2D eigenvalue weighted by Crippen LogP contribution is 2.29. The Balaban J connectivity index is 1.65. The van der Waals surface area contributed by atoms with Crippen LogP contribution in [-0.2, 0) is 9.59 Å². The number of benzene rings is 1. The number of amides is 2. The smallest absolute Gasteiger partial charge is 0.248 e. The van der Waals surface area contributed by atoms with E-state index in [0.717, 1.165) is 19.3 Å². The zero-order valence-electron chi connectivity index (χ0n) is 14.9. The van der Waals surface area contributed by atoms with Crippen LogP contribution in [0.4, 0.5) is 0 Å². The molecule has 5 heteroatoms. The van der Waals surface area contributed by atoms with E-state index in [1.807, 2.05) is 6.07 Å². The highest BCUT2D eigenvalue weighted by molar-refractivity contribution is 5.90. The van der Waals surface area contributed by atoms with E-state index in [1.165, 1.54) is 16.7 Å². The second kappa shape index (κ2) is 7.40. The molecule has 2 unspecified atom stereocenters. The van der Waals surface area contributed by atoms with Gasteiger partial charge in [-0.2, -0.15) is 0 Å². The van der Waals surface area contributed by atoms with E-state index in [-0.39, 0.29) is 17.7 Å². The van der Waals surface area contributed by atoms with Gasteiger partial charge in [0.2, 0.25) is 11.8 Å². The second-order valence-electron chi connectivity index (χ2n) is 7.13. The Bertz CT molecular complexity index is 692. The third kappa shape index (κ3) is 4.28. The summed E-state index contributed by atoms with van der Waals surface area (Å²) in [6, 6.07) is 7.49. The monoisotopic (exact) mass is 342 g/mol. The number of nitrogens with zero attached hydrogens (tertiary/aromatic N) is 1. The first-order chi connectivity index (χ1) is 12.0. The van der Waals surface area contributed by atoms with Gasteiger partial charge in [0.15, 0.2) is 0 Å². The highest BCUT2D eigenvalue weighted by atomic mass is 16.3. The summed E-state index contributed by atoms with van der Waals surface area (Å²) in [6.45, 7) is 4.72. The molecule has 1 aliphatic carbocycles. The van der Waals surface area contributed by atoms with E-state index in [2.05, 4.69) is 36.5 Å². The van der Waals surface area contributed by atoms with Gasteiger partial charge >= 0.3 is 0 Å². The van der Waals surface area contributed by atoms with Crippen molar-refractivity contribution in [1.29, 1.82) is 0 Å². The van der Waals surface area contributed by atoms with E-state index in [9.17, 15) is 14.7 Å². The SMILES string of the molecule is Cc1cccc(C2=CCN(C(=O)C(NC(=O)C3CC3)C(C)O)CC2)c1. The molecule has 1 heterocycles. The van der Waals surface area contributed by atoms with E-state index in [4.69, 9.17) is 0 Å². The lowest BCUT2D eigenvalue weighted by Crippen LogP contribution is -2.54. The number of aliphatic hydroxyl groups excluding tert-OH is 1. The van der Waals surface area contributed by atoms with Gasteiger partial charge in [-0.25, -0.2) is 0 Å². The zero-order valence-corrected chi connectivity index (χ0v) is 14.9. The van der Waals surface area contributed by atoms with Crippen molar-refractivity contribution in [3.63, 3.8) is 0 Å². The van der Waals surface area contributed by atoms with Crippen LogP contribution in [0.2, 0.25) is 0 Å². The van der Waals surface area contributed by atoms with E-state index in [0.29, 0.717) is 13.1 Å². The molecule has 134 valence electrons. The van der Waals surface area contributed by atoms with Crippen LogP contribution in [0.15, 0.2) is 30.3 Å². The Morgan fingerprint density at radius 3 is 2.64 bits per heavy atom. The second-order valence-corrected chi connectivity index (χ2v) is 7.13. The molecule has 0 aromatic heterocycles.